The van der Waals surface area contributed by atoms with Crippen LogP contribution in [0.1, 0.15) is 40.6 Å². The maximum atomic E-state index is 13.6. The first-order valence-electron chi connectivity index (χ1n) is 10.8. The Bertz CT molecular complexity index is 1340. The molecule has 1 aromatic heterocycles. The number of imidazole rings is 1. The van der Waals surface area contributed by atoms with E-state index in [9.17, 15) is 18.8 Å². The standard InChI is InChI=1S/C24H20Cl2FN3O6/c1-3-35-22(33)24(10-11-24)36-21(32)18-19(28-20(31)16-9-4-13(25)12-17(16)26)29-23(34-2)30(18)15-7-5-14(27)6-8-15/h4-9,12H,3,10-11H2,1-2H3,(H,28,31). The van der Waals surface area contributed by atoms with E-state index >= 15 is 0 Å². The number of hydrogen-bond donors (Lipinski definition) is 1. The highest BCUT2D eigenvalue weighted by Gasteiger charge is 2.56. The highest BCUT2D eigenvalue weighted by molar-refractivity contribution is 6.37. The Balaban J connectivity index is 1.78. The normalized spacial score (nSPS) is 13.6. The first kappa shape index (κ1) is 25.5. The Hall–Kier alpha value is -3.63. The molecule has 36 heavy (non-hydrogen) atoms. The molecule has 1 fully saturated rings. The van der Waals surface area contributed by atoms with E-state index in [0.29, 0.717) is 10.7 Å². The monoisotopic (exact) mass is 535 g/mol. The van der Waals surface area contributed by atoms with Crippen molar-refractivity contribution in [3.05, 3.63) is 69.6 Å². The zero-order valence-electron chi connectivity index (χ0n) is 19.1. The van der Waals surface area contributed by atoms with E-state index in [1.54, 1.807) is 6.92 Å². The Morgan fingerprint density at radius 2 is 1.83 bits per heavy atom. The van der Waals surface area contributed by atoms with Crippen LogP contribution < -0.4 is 10.1 Å². The fraction of sp³-hybridized carbons (Fsp3) is 0.250. The lowest BCUT2D eigenvalue weighted by molar-refractivity contribution is -0.156. The lowest BCUT2D eigenvalue weighted by Crippen LogP contribution is -2.32. The predicted molar refractivity (Wildman–Crippen MR) is 129 cm³/mol. The minimum atomic E-state index is -1.43. The maximum absolute atomic E-state index is 13.6. The van der Waals surface area contributed by atoms with Gasteiger partial charge in [-0.2, -0.15) is 4.98 Å². The molecule has 1 N–H and O–H groups in total. The van der Waals surface area contributed by atoms with Crippen LogP contribution in [-0.2, 0) is 14.3 Å². The molecule has 1 amide bonds. The first-order valence-corrected chi connectivity index (χ1v) is 11.5. The van der Waals surface area contributed by atoms with E-state index in [4.69, 9.17) is 37.4 Å². The molecule has 1 saturated carbocycles. The van der Waals surface area contributed by atoms with Crippen molar-refractivity contribution in [2.24, 2.45) is 0 Å². The minimum Gasteiger partial charge on any atom is -0.468 e. The molecule has 4 rings (SSSR count). The number of methoxy groups -OCH3 is 1. The van der Waals surface area contributed by atoms with Gasteiger partial charge in [-0.1, -0.05) is 23.2 Å². The molecule has 0 atom stereocenters. The van der Waals surface area contributed by atoms with Crippen molar-refractivity contribution < 1.29 is 33.0 Å². The van der Waals surface area contributed by atoms with Crippen molar-refractivity contribution in [1.82, 2.24) is 9.55 Å². The van der Waals surface area contributed by atoms with Gasteiger partial charge in [-0.15, -0.1) is 0 Å². The van der Waals surface area contributed by atoms with Crippen LogP contribution in [0.3, 0.4) is 0 Å². The largest absolute Gasteiger partial charge is 0.468 e. The van der Waals surface area contributed by atoms with Crippen LogP contribution in [0.5, 0.6) is 6.01 Å². The van der Waals surface area contributed by atoms with E-state index in [2.05, 4.69) is 10.3 Å². The number of hydrogen-bond acceptors (Lipinski definition) is 7. The molecule has 3 aromatic rings. The second-order valence-corrected chi connectivity index (χ2v) is 8.63. The van der Waals surface area contributed by atoms with Crippen molar-refractivity contribution in [2.45, 2.75) is 25.4 Å². The van der Waals surface area contributed by atoms with Gasteiger partial charge in [-0.3, -0.25) is 9.36 Å². The molecule has 0 aliphatic heterocycles. The Kier molecular flexibility index (Phi) is 7.18. The molecule has 188 valence electrons. The number of carbonyl (C=O) groups excluding carboxylic acids is 3. The molecule has 0 radical (unpaired) electrons. The fourth-order valence-corrected chi connectivity index (χ4v) is 3.93. The lowest BCUT2D eigenvalue weighted by Gasteiger charge is -2.17. The number of nitrogens with one attached hydrogen (secondary N) is 1. The summed E-state index contributed by atoms with van der Waals surface area (Å²) < 4.78 is 30.7. The number of esters is 2. The van der Waals surface area contributed by atoms with Crippen LogP contribution in [0, 0.1) is 5.82 Å². The number of carbonyl (C=O) groups is 3. The quantitative estimate of drug-likeness (QED) is 0.411. The summed E-state index contributed by atoms with van der Waals surface area (Å²) in [6.45, 7) is 1.75. The van der Waals surface area contributed by atoms with E-state index in [1.807, 2.05) is 0 Å². The maximum Gasteiger partial charge on any atom is 0.360 e. The molecule has 0 spiro atoms. The second kappa shape index (κ2) is 10.2. The Morgan fingerprint density at radius 1 is 1.14 bits per heavy atom. The van der Waals surface area contributed by atoms with Crippen LogP contribution in [0.4, 0.5) is 10.2 Å². The van der Waals surface area contributed by atoms with Gasteiger partial charge in [0.05, 0.1) is 30.0 Å². The topological polar surface area (TPSA) is 109 Å². The van der Waals surface area contributed by atoms with E-state index in [0.717, 1.165) is 0 Å². The summed E-state index contributed by atoms with van der Waals surface area (Å²) >= 11 is 12.1. The van der Waals surface area contributed by atoms with Crippen LogP contribution >= 0.6 is 23.2 Å². The van der Waals surface area contributed by atoms with E-state index in [-0.39, 0.29) is 47.6 Å². The Labute approximate surface area is 215 Å². The van der Waals surface area contributed by atoms with Crippen molar-refractivity contribution in [2.75, 3.05) is 19.0 Å². The van der Waals surface area contributed by atoms with Crippen LogP contribution in [-0.4, -0.2) is 46.7 Å². The second-order valence-electron chi connectivity index (χ2n) is 7.79. The first-order chi connectivity index (χ1) is 17.2. The summed E-state index contributed by atoms with van der Waals surface area (Å²) in [5.74, 6) is -3.07. The molecule has 0 unspecified atom stereocenters. The molecule has 12 heteroatoms. The predicted octanol–water partition coefficient (Wildman–Crippen LogP) is 4.83. The number of rotatable bonds is 8. The van der Waals surface area contributed by atoms with E-state index < -0.39 is 29.3 Å². The zero-order valence-corrected chi connectivity index (χ0v) is 20.7. The van der Waals surface area contributed by atoms with Gasteiger partial charge in [-0.05, 0) is 49.4 Å². The minimum absolute atomic E-state index is 0.0702. The SMILES string of the molecule is CCOC(=O)C1(OC(=O)c2c(NC(=O)c3ccc(Cl)cc3Cl)nc(OC)n2-c2ccc(F)cc2)CC1. The molecule has 0 bridgehead atoms. The van der Waals surface area contributed by atoms with Gasteiger partial charge in [0.2, 0.25) is 5.60 Å². The summed E-state index contributed by atoms with van der Waals surface area (Å²) in [7, 11) is 1.31. The smallest absolute Gasteiger partial charge is 0.360 e. The van der Waals surface area contributed by atoms with Gasteiger partial charge >= 0.3 is 17.9 Å². The molecular weight excluding hydrogens is 516 g/mol. The molecule has 9 nitrogen and oxygen atoms in total. The van der Waals surface area contributed by atoms with Gasteiger partial charge in [0, 0.05) is 17.9 Å². The molecule has 1 aliphatic carbocycles. The third kappa shape index (κ3) is 5.00. The molecular formula is C24H20Cl2FN3O6. The summed E-state index contributed by atoms with van der Waals surface area (Å²) in [4.78, 5) is 43.0. The number of aromatic nitrogens is 2. The third-order valence-electron chi connectivity index (χ3n) is 5.35. The van der Waals surface area contributed by atoms with Crippen LogP contribution in [0.15, 0.2) is 42.5 Å². The average Bonchev–Trinajstić information content (AvgIpc) is 3.53. The number of nitrogens with zero attached hydrogens (tertiary/aromatic N) is 2. The summed E-state index contributed by atoms with van der Waals surface area (Å²) in [5, 5.41) is 2.94. The van der Waals surface area contributed by atoms with Gasteiger partial charge in [0.25, 0.3) is 5.91 Å². The number of halogens is 3. The Morgan fingerprint density at radius 3 is 2.42 bits per heavy atom. The zero-order chi connectivity index (χ0) is 26.0. The van der Waals surface area contributed by atoms with Crippen molar-refractivity contribution in [1.29, 1.82) is 0 Å². The summed E-state index contributed by atoms with van der Waals surface area (Å²) in [6, 6.07) is 9.30. The van der Waals surface area contributed by atoms with Crippen molar-refractivity contribution in [3.8, 4) is 11.7 Å². The number of anilines is 1. The highest BCUT2D eigenvalue weighted by Crippen LogP contribution is 2.42. The number of benzene rings is 2. The lowest BCUT2D eigenvalue weighted by atomic mass is 10.2. The van der Waals surface area contributed by atoms with Gasteiger partial charge in [0.15, 0.2) is 11.5 Å². The average molecular weight is 536 g/mol. The van der Waals surface area contributed by atoms with Crippen molar-refractivity contribution >= 4 is 46.9 Å². The molecule has 2 aromatic carbocycles. The molecule has 1 aliphatic rings. The van der Waals surface area contributed by atoms with Crippen LogP contribution in [0.2, 0.25) is 10.0 Å². The van der Waals surface area contributed by atoms with Gasteiger partial charge in [-0.25, -0.2) is 14.0 Å². The molecule has 0 saturated heterocycles. The van der Waals surface area contributed by atoms with E-state index in [1.165, 1.54) is 54.1 Å². The van der Waals surface area contributed by atoms with Crippen molar-refractivity contribution in [3.63, 3.8) is 0 Å². The fourth-order valence-electron chi connectivity index (χ4n) is 3.44. The number of ether oxygens (including phenoxy) is 3. The highest BCUT2D eigenvalue weighted by atomic mass is 35.5. The number of amides is 1. The van der Waals surface area contributed by atoms with Gasteiger partial charge < -0.3 is 19.5 Å². The molecule has 1 heterocycles. The third-order valence-corrected chi connectivity index (χ3v) is 5.90. The summed E-state index contributed by atoms with van der Waals surface area (Å²) in [5.41, 5.74) is -1.33. The van der Waals surface area contributed by atoms with Gasteiger partial charge in [0.1, 0.15) is 5.82 Å². The van der Waals surface area contributed by atoms with Crippen LogP contribution in [0.25, 0.3) is 5.69 Å². The summed E-state index contributed by atoms with van der Waals surface area (Å²) in [6.07, 6.45) is 0.558.